The number of methoxy groups -OCH3 is 1. The van der Waals surface area contributed by atoms with Gasteiger partial charge in [-0.15, -0.1) is 0 Å². The average Bonchev–Trinajstić information content (AvgIpc) is 2.77. The molecule has 0 unspecified atom stereocenters. The summed E-state index contributed by atoms with van der Waals surface area (Å²) in [6.45, 7) is 2.27. The second-order valence-corrected chi connectivity index (χ2v) is 7.04. The quantitative estimate of drug-likeness (QED) is 0.444. The van der Waals surface area contributed by atoms with Crippen molar-refractivity contribution in [1.29, 1.82) is 0 Å². The highest BCUT2D eigenvalue weighted by Gasteiger charge is 2.11. The molecule has 0 bridgehead atoms. The van der Waals surface area contributed by atoms with E-state index in [2.05, 4.69) is 29.7 Å². The number of nitrogens with zero attached hydrogens (tertiary/aromatic N) is 1. The van der Waals surface area contributed by atoms with Crippen molar-refractivity contribution >= 4 is 39.3 Å². The number of benzene rings is 3. The van der Waals surface area contributed by atoms with Gasteiger partial charge < -0.3 is 20.1 Å². The lowest BCUT2D eigenvalue weighted by Crippen LogP contribution is -2.18. The highest BCUT2D eigenvalue weighted by molar-refractivity contribution is 6.09. The topological polar surface area (TPSA) is 72.5 Å². The van der Waals surface area contributed by atoms with Gasteiger partial charge in [0.15, 0.2) is 0 Å². The molecule has 3 aromatic carbocycles. The SMILES string of the molecule is CNC(=O)OCc1cccc(Nc2c3ccc(OC)cc3nc3ccc(C)cc23)c1. The number of aromatic nitrogens is 1. The second-order valence-electron chi connectivity index (χ2n) is 7.04. The Bertz CT molecular complexity index is 1240. The number of ether oxygens (including phenoxy) is 2. The third kappa shape index (κ3) is 3.98. The minimum Gasteiger partial charge on any atom is -0.497 e. The molecule has 1 heterocycles. The molecule has 152 valence electrons. The molecule has 1 amide bonds. The lowest BCUT2D eigenvalue weighted by molar-refractivity contribution is 0.142. The van der Waals surface area contributed by atoms with Crippen LogP contribution >= 0.6 is 0 Å². The molecular formula is C24H23N3O3. The van der Waals surface area contributed by atoms with Crippen LogP contribution in [-0.4, -0.2) is 25.2 Å². The number of nitrogens with one attached hydrogen (secondary N) is 2. The van der Waals surface area contributed by atoms with Gasteiger partial charge in [0, 0.05) is 29.6 Å². The fraction of sp³-hybridized carbons (Fsp3) is 0.167. The van der Waals surface area contributed by atoms with Crippen LogP contribution in [0.3, 0.4) is 0 Å². The summed E-state index contributed by atoms with van der Waals surface area (Å²) in [4.78, 5) is 16.2. The van der Waals surface area contributed by atoms with Crippen molar-refractivity contribution in [3.05, 3.63) is 71.8 Å². The van der Waals surface area contributed by atoms with Crippen LogP contribution in [0.25, 0.3) is 21.8 Å². The molecule has 30 heavy (non-hydrogen) atoms. The number of carbonyl (C=O) groups is 1. The summed E-state index contributed by atoms with van der Waals surface area (Å²) in [7, 11) is 3.19. The molecule has 0 aliphatic rings. The zero-order valence-corrected chi connectivity index (χ0v) is 17.2. The summed E-state index contributed by atoms with van der Waals surface area (Å²) in [5, 5.41) is 8.05. The van der Waals surface area contributed by atoms with Crippen molar-refractivity contribution in [3.8, 4) is 5.75 Å². The maximum atomic E-state index is 11.4. The molecule has 0 saturated heterocycles. The summed E-state index contributed by atoms with van der Waals surface area (Å²) in [5.41, 5.74) is 5.69. The van der Waals surface area contributed by atoms with E-state index in [-0.39, 0.29) is 6.61 Å². The lowest BCUT2D eigenvalue weighted by atomic mass is 10.0. The van der Waals surface area contributed by atoms with E-state index < -0.39 is 6.09 Å². The number of amides is 1. The van der Waals surface area contributed by atoms with Crippen LogP contribution in [0.2, 0.25) is 0 Å². The lowest BCUT2D eigenvalue weighted by Gasteiger charge is -2.15. The Kier molecular flexibility index (Phi) is 5.39. The number of hydrogen-bond acceptors (Lipinski definition) is 5. The summed E-state index contributed by atoms with van der Waals surface area (Å²) in [6.07, 6.45) is -0.455. The van der Waals surface area contributed by atoms with E-state index in [4.69, 9.17) is 14.5 Å². The zero-order valence-electron chi connectivity index (χ0n) is 17.2. The summed E-state index contributed by atoms with van der Waals surface area (Å²) in [5.74, 6) is 0.765. The Hall–Kier alpha value is -3.80. The van der Waals surface area contributed by atoms with Crippen LogP contribution < -0.4 is 15.4 Å². The van der Waals surface area contributed by atoms with E-state index >= 15 is 0 Å². The fourth-order valence-corrected chi connectivity index (χ4v) is 3.40. The van der Waals surface area contributed by atoms with E-state index in [1.807, 2.05) is 48.5 Å². The van der Waals surface area contributed by atoms with Crippen molar-refractivity contribution in [2.45, 2.75) is 13.5 Å². The van der Waals surface area contributed by atoms with E-state index in [9.17, 15) is 4.79 Å². The van der Waals surface area contributed by atoms with E-state index in [0.717, 1.165) is 50.1 Å². The van der Waals surface area contributed by atoms with Crippen LogP contribution in [-0.2, 0) is 11.3 Å². The van der Waals surface area contributed by atoms with Crippen molar-refractivity contribution < 1.29 is 14.3 Å². The number of aryl methyl sites for hydroxylation is 1. The average molecular weight is 401 g/mol. The first-order valence-corrected chi connectivity index (χ1v) is 9.66. The Morgan fingerprint density at radius 3 is 2.67 bits per heavy atom. The summed E-state index contributed by atoms with van der Waals surface area (Å²) in [6, 6.07) is 19.9. The molecular weight excluding hydrogens is 378 g/mol. The molecule has 0 aliphatic carbocycles. The van der Waals surface area contributed by atoms with Gasteiger partial charge in [-0.3, -0.25) is 0 Å². The van der Waals surface area contributed by atoms with Crippen molar-refractivity contribution in [3.63, 3.8) is 0 Å². The molecule has 1 aromatic heterocycles. The molecule has 6 nitrogen and oxygen atoms in total. The molecule has 0 saturated carbocycles. The van der Waals surface area contributed by atoms with Crippen molar-refractivity contribution in [2.75, 3.05) is 19.5 Å². The van der Waals surface area contributed by atoms with Gasteiger partial charge in [-0.1, -0.05) is 23.8 Å². The predicted octanol–water partition coefficient (Wildman–Crippen LogP) is 5.30. The van der Waals surface area contributed by atoms with Gasteiger partial charge in [0.2, 0.25) is 0 Å². The maximum absolute atomic E-state index is 11.4. The normalized spacial score (nSPS) is 10.8. The van der Waals surface area contributed by atoms with Gasteiger partial charge in [0.05, 0.1) is 23.8 Å². The van der Waals surface area contributed by atoms with Gasteiger partial charge >= 0.3 is 6.09 Å². The van der Waals surface area contributed by atoms with Gasteiger partial charge in [0.25, 0.3) is 0 Å². The highest BCUT2D eigenvalue weighted by Crippen LogP contribution is 2.35. The van der Waals surface area contributed by atoms with Crippen molar-refractivity contribution in [2.24, 2.45) is 0 Å². The van der Waals surface area contributed by atoms with Gasteiger partial charge in [0.1, 0.15) is 12.4 Å². The first-order valence-electron chi connectivity index (χ1n) is 9.66. The Balaban J connectivity index is 1.79. The number of hydrogen-bond donors (Lipinski definition) is 2. The monoisotopic (exact) mass is 401 g/mol. The number of alkyl carbamates (subject to hydrolysis) is 1. The molecule has 0 atom stereocenters. The molecule has 4 aromatic rings. The van der Waals surface area contributed by atoms with Gasteiger partial charge in [-0.05, 0) is 48.9 Å². The Morgan fingerprint density at radius 1 is 1.00 bits per heavy atom. The first kappa shape index (κ1) is 19.5. The third-order valence-corrected chi connectivity index (χ3v) is 4.91. The third-order valence-electron chi connectivity index (χ3n) is 4.91. The summed E-state index contributed by atoms with van der Waals surface area (Å²) >= 11 is 0. The smallest absolute Gasteiger partial charge is 0.407 e. The standard InChI is InChI=1S/C24H23N3O3/c1-15-7-10-21-20(11-15)23(19-9-8-18(29-3)13-22(19)27-21)26-17-6-4-5-16(12-17)14-30-24(28)25-2/h4-13H,14H2,1-3H3,(H,25,28)(H,26,27). The number of carbonyl (C=O) groups excluding carboxylic acids is 1. The van der Waals surface area contributed by atoms with E-state index in [1.165, 1.54) is 7.05 Å². The van der Waals surface area contributed by atoms with Crippen LogP contribution in [0.1, 0.15) is 11.1 Å². The zero-order chi connectivity index (χ0) is 21.1. The number of fused-ring (bicyclic) bond motifs is 2. The Labute approximate surface area is 174 Å². The number of anilines is 2. The summed E-state index contributed by atoms with van der Waals surface area (Å²) < 4.78 is 10.5. The highest BCUT2D eigenvalue weighted by atomic mass is 16.5. The van der Waals surface area contributed by atoms with Crippen LogP contribution in [0.15, 0.2) is 60.7 Å². The molecule has 4 rings (SSSR count). The molecule has 0 aliphatic heterocycles. The van der Waals surface area contributed by atoms with Gasteiger partial charge in [-0.25, -0.2) is 9.78 Å². The second kappa shape index (κ2) is 8.29. The first-order chi connectivity index (χ1) is 14.6. The van der Waals surface area contributed by atoms with Crippen LogP contribution in [0.5, 0.6) is 5.75 Å². The number of pyridine rings is 1. The molecule has 0 fully saturated rings. The van der Waals surface area contributed by atoms with Crippen LogP contribution in [0.4, 0.5) is 16.2 Å². The van der Waals surface area contributed by atoms with Crippen molar-refractivity contribution in [1.82, 2.24) is 10.3 Å². The van der Waals surface area contributed by atoms with E-state index in [1.54, 1.807) is 7.11 Å². The Morgan fingerprint density at radius 2 is 1.87 bits per heavy atom. The largest absolute Gasteiger partial charge is 0.497 e. The minimum absolute atomic E-state index is 0.198. The molecule has 2 N–H and O–H groups in total. The van der Waals surface area contributed by atoms with Crippen LogP contribution in [0, 0.1) is 6.92 Å². The molecule has 0 radical (unpaired) electrons. The molecule has 0 spiro atoms. The van der Waals surface area contributed by atoms with E-state index in [0.29, 0.717) is 0 Å². The van der Waals surface area contributed by atoms with Gasteiger partial charge in [-0.2, -0.15) is 0 Å². The predicted molar refractivity (Wildman–Crippen MR) is 120 cm³/mol. The minimum atomic E-state index is -0.455. The number of rotatable bonds is 5. The maximum Gasteiger partial charge on any atom is 0.407 e. The fourth-order valence-electron chi connectivity index (χ4n) is 3.40. The molecule has 6 heteroatoms.